The highest BCUT2D eigenvalue weighted by molar-refractivity contribution is 5.94. The number of hydrogen-bond donors (Lipinski definition) is 5. The monoisotopic (exact) mass is 833 g/mol. The normalized spacial score (nSPS) is 33.1. The summed E-state index contributed by atoms with van der Waals surface area (Å²) in [6.07, 6.45) is -8.57. The Kier molecular flexibility index (Phi) is 12.0. The smallest absolute Gasteiger partial charge is 0.408 e. The first-order valence-electron chi connectivity index (χ1n) is 20.0. The zero-order valence-electron chi connectivity index (χ0n) is 35.0. The third kappa shape index (κ3) is 7.77. The number of hydrogen-bond acceptors (Lipinski definition) is 14. The van der Waals surface area contributed by atoms with Gasteiger partial charge in [-0.1, -0.05) is 74.5 Å². The van der Waals surface area contributed by atoms with E-state index in [0.717, 1.165) is 6.92 Å². The zero-order chi connectivity index (χ0) is 44.2. The average molecular weight is 834 g/mol. The lowest BCUT2D eigenvalue weighted by Crippen LogP contribution is -2.81. The maximum absolute atomic E-state index is 15.0. The molecule has 15 heteroatoms. The van der Waals surface area contributed by atoms with Crippen molar-refractivity contribution in [3.63, 3.8) is 0 Å². The summed E-state index contributed by atoms with van der Waals surface area (Å²) in [7, 11) is 0. The van der Waals surface area contributed by atoms with Crippen LogP contribution < -0.4 is 5.32 Å². The topological polar surface area (TPSA) is 224 Å². The molecule has 1 heterocycles. The van der Waals surface area contributed by atoms with E-state index in [2.05, 4.69) is 5.32 Å². The Morgan fingerprint density at radius 2 is 1.58 bits per heavy atom. The molecule has 1 aliphatic heterocycles. The second kappa shape index (κ2) is 16.2. The highest BCUT2D eigenvalue weighted by Gasteiger charge is 2.78. The van der Waals surface area contributed by atoms with Gasteiger partial charge < -0.3 is 49.4 Å². The first kappa shape index (κ1) is 44.6. The van der Waals surface area contributed by atoms with E-state index in [1.54, 1.807) is 89.2 Å². The number of Topliss-reactive ketones (excluding diaryl/α,β-unsaturated/α-hetero) is 1. The van der Waals surface area contributed by atoms with Crippen LogP contribution in [0.4, 0.5) is 4.79 Å². The molecule has 6 rings (SSSR count). The van der Waals surface area contributed by atoms with Gasteiger partial charge in [-0.3, -0.25) is 9.59 Å². The Morgan fingerprint density at radius 3 is 2.15 bits per heavy atom. The molecule has 0 aromatic heterocycles. The van der Waals surface area contributed by atoms with Crippen molar-refractivity contribution in [2.24, 2.45) is 16.7 Å². The Labute approximate surface area is 348 Å². The van der Waals surface area contributed by atoms with Gasteiger partial charge in [0.05, 0.1) is 35.6 Å². The van der Waals surface area contributed by atoms with Crippen molar-refractivity contribution in [2.45, 2.75) is 128 Å². The molecule has 1 saturated heterocycles. The van der Waals surface area contributed by atoms with E-state index in [9.17, 15) is 44.4 Å². The molecule has 0 spiro atoms. The van der Waals surface area contributed by atoms with E-state index in [0.29, 0.717) is 5.56 Å². The standard InChI is InChI=1S/C45H55NO14/c1-24-29(57-39(53)33(49)28(46-40(54)60-41(3,4)5)20-19-26-15-11-9-12-16-26)22-45(55)37(58-38(52)27-17-13-10-14-18-27)35-43(8,36(51)34(50)32(24)42(45,6)7)30(48)21-31-44(35,23-56-31)59-25(2)47/h9-20,28-31,33-35,37,48-50,55H,21-23H2,1-8H3,(H,46,54)/b20-19+/t28-,29+,30+,31?,33-,34-,35+,37+,43-,44+,45-/m1/s1. The predicted molar refractivity (Wildman–Crippen MR) is 214 cm³/mol. The van der Waals surface area contributed by atoms with Crippen molar-refractivity contribution >= 4 is 35.9 Å². The Hall–Kier alpha value is -4.93. The number of ether oxygens (including phenoxy) is 5. The number of amides is 1. The summed E-state index contributed by atoms with van der Waals surface area (Å²) in [6.45, 7) is 11.8. The zero-order valence-corrected chi connectivity index (χ0v) is 35.0. The minimum atomic E-state index is -2.36. The molecule has 2 bridgehead atoms. The van der Waals surface area contributed by atoms with Crippen LogP contribution in [0.15, 0.2) is 77.9 Å². The quantitative estimate of drug-likeness (QED) is 0.138. The lowest BCUT2D eigenvalue weighted by Gasteiger charge is -2.67. The molecule has 3 fully saturated rings. The minimum Gasteiger partial charge on any atom is -0.456 e. The van der Waals surface area contributed by atoms with Crippen LogP contribution in [0.3, 0.4) is 0 Å². The van der Waals surface area contributed by atoms with Crippen molar-refractivity contribution in [3.8, 4) is 0 Å². The van der Waals surface area contributed by atoms with Gasteiger partial charge in [-0.05, 0) is 63.5 Å². The molecule has 0 radical (unpaired) electrons. The van der Waals surface area contributed by atoms with Crippen molar-refractivity contribution in [2.75, 3.05) is 6.61 Å². The van der Waals surface area contributed by atoms with Crippen molar-refractivity contribution in [3.05, 3.63) is 89.0 Å². The molecule has 3 aliphatic carbocycles. The van der Waals surface area contributed by atoms with Gasteiger partial charge in [0.2, 0.25) is 0 Å². The molecular weight excluding hydrogens is 778 g/mol. The minimum absolute atomic E-state index is 0.0675. The first-order chi connectivity index (χ1) is 28.0. The number of carbonyl (C=O) groups excluding carboxylic acids is 5. The van der Waals surface area contributed by atoms with Gasteiger partial charge in [-0.15, -0.1) is 0 Å². The molecule has 60 heavy (non-hydrogen) atoms. The average Bonchev–Trinajstić information content (AvgIpc) is 3.17. The van der Waals surface area contributed by atoms with Crippen LogP contribution in [0.2, 0.25) is 0 Å². The van der Waals surface area contributed by atoms with Gasteiger partial charge in [0.25, 0.3) is 0 Å². The molecule has 15 nitrogen and oxygen atoms in total. The first-order valence-corrected chi connectivity index (χ1v) is 20.0. The van der Waals surface area contributed by atoms with Crippen LogP contribution in [0, 0.1) is 16.7 Å². The molecule has 1 unspecified atom stereocenters. The lowest BCUT2D eigenvalue weighted by molar-refractivity contribution is -0.346. The van der Waals surface area contributed by atoms with Crippen molar-refractivity contribution < 1.29 is 68.1 Å². The number of alkyl carbamates (subject to hydrolysis) is 1. The van der Waals surface area contributed by atoms with E-state index < -0.39 is 112 Å². The number of aliphatic hydroxyl groups is 4. The fourth-order valence-electron chi connectivity index (χ4n) is 9.59. The second-order valence-electron chi connectivity index (χ2n) is 18.0. The number of benzene rings is 2. The number of fused-ring (bicyclic) bond motifs is 5. The predicted octanol–water partition coefficient (Wildman–Crippen LogP) is 3.60. The fourth-order valence-corrected chi connectivity index (χ4v) is 9.59. The number of aliphatic hydroxyl groups excluding tert-OH is 3. The maximum atomic E-state index is 15.0. The molecular formula is C45H55NO14. The van der Waals surface area contributed by atoms with Crippen LogP contribution in [-0.4, -0.2) is 116 Å². The summed E-state index contributed by atoms with van der Waals surface area (Å²) in [6, 6.07) is 15.3. The molecule has 2 aromatic carbocycles. The van der Waals surface area contributed by atoms with Crippen LogP contribution in [0.1, 0.15) is 84.2 Å². The van der Waals surface area contributed by atoms with Crippen molar-refractivity contribution in [1.29, 1.82) is 0 Å². The number of nitrogens with one attached hydrogen (secondary N) is 1. The van der Waals surface area contributed by atoms with E-state index in [1.807, 2.05) is 0 Å². The number of esters is 3. The van der Waals surface area contributed by atoms with Crippen LogP contribution in [-0.2, 0) is 38.1 Å². The SMILES string of the molecule is CC(=O)O[C@@]12COC1C[C@H](O)[C@@]1(C)C(=O)[C@H](O)C3=C(C)[C@@H](OC(=O)[C@H](O)[C@@H](/C=C/c4ccccc4)NC(=O)OC(C)(C)C)C[C@@](O)([C@@H](OC(=O)c4ccccc4)[C@@H]12)C3(C)C. The summed E-state index contributed by atoms with van der Waals surface area (Å²) >= 11 is 0. The Bertz CT molecular complexity index is 2060. The Balaban J connectivity index is 1.47. The summed E-state index contributed by atoms with van der Waals surface area (Å²) < 4.78 is 29.5. The van der Waals surface area contributed by atoms with Gasteiger partial charge in [0, 0.05) is 25.2 Å². The fraction of sp³-hybridized carbons (Fsp3) is 0.533. The molecule has 2 aromatic rings. The third-order valence-electron chi connectivity index (χ3n) is 12.7. The number of ketones is 1. The maximum Gasteiger partial charge on any atom is 0.408 e. The van der Waals surface area contributed by atoms with Crippen LogP contribution in [0.25, 0.3) is 6.08 Å². The van der Waals surface area contributed by atoms with Gasteiger partial charge >= 0.3 is 24.0 Å². The number of rotatable bonds is 9. The summed E-state index contributed by atoms with van der Waals surface area (Å²) in [5.41, 5.74) is -7.82. The highest BCUT2D eigenvalue weighted by atomic mass is 16.6. The van der Waals surface area contributed by atoms with Gasteiger partial charge in [0.1, 0.15) is 35.6 Å². The van der Waals surface area contributed by atoms with Gasteiger partial charge in [0.15, 0.2) is 17.5 Å². The van der Waals surface area contributed by atoms with E-state index in [4.69, 9.17) is 23.7 Å². The van der Waals surface area contributed by atoms with Crippen molar-refractivity contribution in [1.82, 2.24) is 5.32 Å². The summed E-state index contributed by atoms with van der Waals surface area (Å²) in [5, 5.41) is 51.6. The van der Waals surface area contributed by atoms with E-state index >= 15 is 0 Å². The molecule has 1 amide bonds. The number of carbonyl (C=O) groups is 5. The lowest BCUT2D eigenvalue weighted by atomic mass is 9.44. The van der Waals surface area contributed by atoms with E-state index in [-0.39, 0.29) is 29.7 Å². The highest BCUT2D eigenvalue weighted by Crippen LogP contribution is 2.64. The van der Waals surface area contributed by atoms with Crippen LogP contribution >= 0.6 is 0 Å². The molecule has 11 atom stereocenters. The molecule has 324 valence electrons. The van der Waals surface area contributed by atoms with Gasteiger partial charge in [-0.25, -0.2) is 14.4 Å². The van der Waals surface area contributed by atoms with E-state index in [1.165, 1.54) is 32.1 Å². The summed E-state index contributed by atoms with van der Waals surface area (Å²) in [5.74, 6) is -5.39. The molecule has 2 saturated carbocycles. The largest absolute Gasteiger partial charge is 0.456 e. The molecule has 4 aliphatic rings. The second-order valence-corrected chi connectivity index (χ2v) is 18.0. The molecule has 5 N–H and O–H groups in total. The summed E-state index contributed by atoms with van der Waals surface area (Å²) in [4.78, 5) is 69.0. The third-order valence-corrected chi connectivity index (χ3v) is 12.7. The van der Waals surface area contributed by atoms with Gasteiger partial charge in [-0.2, -0.15) is 0 Å². The Morgan fingerprint density at radius 1 is 0.967 bits per heavy atom. The van der Waals surface area contributed by atoms with Crippen LogP contribution in [0.5, 0.6) is 0 Å².